The largest absolute Gasteiger partial charge is 0.480 e. The molecule has 1 fully saturated rings. The topological polar surface area (TPSA) is 236 Å². The van der Waals surface area contributed by atoms with Crippen molar-refractivity contribution in [3.8, 4) is 0 Å². The van der Waals surface area contributed by atoms with Crippen LogP contribution in [-0.4, -0.2) is 79.6 Å². The molecule has 29 heavy (non-hydrogen) atoms. The Balaban J connectivity index is 1.91. The van der Waals surface area contributed by atoms with Crippen molar-refractivity contribution in [3.05, 3.63) is 22.7 Å². The van der Waals surface area contributed by atoms with Crippen molar-refractivity contribution in [3.63, 3.8) is 0 Å². The van der Waals surface area contributed by atoms with Crippen molar-refractivity contribution in [2.24, 2.45) is 0 Å². The van der Waals surface area contributed by atoms with Gasteiger partial charge in [0, 0.05) is 6.20 Å². The lowest BCUT2D eigenvalue weighted by molar-refractivity contribution is -0.137. The van der Waals surface area contributed by atoms with Gasteiger partial charge in [0.2, 0.25) is 5.91 Å². The Hall–Kier alpha value is -2.39. The molecule has 1 aromatic rings. The van der Waals surface area contributed by atoms with Crippen LogP contribution >= 0.6 is 7.75 Å². The third-order valence-corrected chi connectivity index (χ3v) is 4.81. The molecule has 2 heterocycles. The second-order valence-electron chi connectivity index (χ2n) is 5.91. The molecule has 1 saturated heterocycles. The number of ether oxygens (including phenoxy) is 1. The van der Waals surface area contributed by atoms with Gasteiger partial charge in [0.1, 0.15) is 30.7 Å². The number of nitrogens with one attached hydrogen (secondary N) is 2. The second kappa shape index (κ2) is 9.41. The molecule has 0 bridgehead atoms. The molecule has 1 unspecified atom stereocenters. The maximum absolute atomic E-state index is 11.9. The highest BCUT2D eigenvalue weighted by molar-refractivity contribution is 7.50. The Labute approximate surface area is 162 Å². The van der Waals surface area contributed by atoms with Gasteiger partial charge in [-0.05, 0) is 6.07 Å². The van der Waals surface area contributed by atoms with Crippen molar-refractivity contribution in [1.82, 2.24) is 20.0 Å². The number of hydrogen-bond donors (Lipinski definition) is 7. The number of amides is 1. The zero-order valence-corrected chi connectivity index (χ0v) is 15.6. The number of aliphatic hydroxyl groups excluding tert-OH is 2. The third-order valence-electron chi connectivity index (χ3n) is 3.75. The van der Waals surface area contributed by atoms with E-state index in [0.717, 1.165) is 4.57 Å². The maximum atomic E-state index is 11.9. The fourth-order valence-corrected chi connectivity index (χ4v) is 3.13. The van der Waals surface area contributed by atoms with Gasteiger partial charge in [-0.3, -0.25) is 18.7 Å². The van der Waals surface area contributed by atoms with Crippen LogP contribution in [0.2, 0.25) is 0 Å². The van der Waals surface area contributed by atoms with Crippen molar-refractivity contribution in [2.75, 3.05) is 25.4 Å². The molecule has 0 aliphatic carbocycles. The normalized spacial score (nSPS) is 26.0. The van der Waals surface area contributed by atoms with E-state index < -0.39 is 69.5 Å². The highest BCUT2D eigenvalue weighted by Crippen LogP contribution is 2.38. The van der Waals surface area contributed by atoms with Gasteiger partial charge in [-0.25, -0.2) is 14.4 Å². The number of nitrogens with two attached hydrogens (primary N) is 1. The monoisotopic (exact) mass is 437 g/mol. The van der Waals surface area contributed by atoms with E-state index in [4.69, 9.17) is 20.1 Å². The molecular formula is C13H20N5O10P. The first kappa shape index (κ1) is 22.9. The minimum atomic E-state index is -4.53. The Morgan fingerprint density at radius 1 is 1.34 bits per heavy atom. The molecule has 0 radical (unpaired) electrons. The molecule has 0 saturated carbocycles. The van der Waals surface area contributed by atoms with Crippen molar-refractivity contribution < 1.29 is 43.6 Å². The molecule has 15 nitrogen and oxygen atoms in total. The zero-order valence-electron chi connectivity index (χ0n) is 14.7. The average molecular weight is 437 g/mol. The molecule has 1 amide bonds. The van der Waals surface area contributed by atoms with Crippen LogP contribution in [0.4, 0.5) is 5.82 Å². The molecule has 1 aliphatic rings. The van der Waals surface area contributed by atoms with E-state index in [0.29, 0.717) is 0 Å². The number of nitrogens with zero attached hydrogens (tertiary/aromatic N) is 2. The Kier molecular flexibility index (Phi) is 7.43. The Morgan fingerprint density at radius 2 is 2.03 bits per heavy atom. The van der Waals surface area contributed by atoms with Crippen LogP contribution in [0.5, 0.6) is 0 Å². The predicted molar refractivity (Wildman–Crippen MR) is 93.3 cm³/mol. The number of anilines is 1. The molecule has 162 valence electrons. The van der Waals surface area contributed by atoms with Gasteiger partial charge >= 0.3 is 19.4 Å². The van der Waals surface area contributed by atoms with Gasteiger partial charge in [-0.2, -0.15) is 4.98 Å². The zero-order chi connectivity index (χ0) is 21.8. The lowest BCUT2D eigenvalue weighted by Crippen LogP contribution is -2.37. The molecule has 1 aliphatic heterocycles. The maximum Gasteiger partial charge on any atom is 0.403 e. The number of aromatic nitrogens is 2. The number of aliphatic hydroxyl groups is 2. The van der Waals surface area contributed by atoms with E-state index in [-0.39, 0.29) is 5.82 Å². The quantitative estimate of drug-likeness (QED) is 0.185. The lowest BCUT2D eigenvalue weighted by atomic mass is 10.1. The number of nitrogen functional groups attached to an aromatic ring is 1. The number of carboxylic acids is 1. The van der Waals surface area contributed by atoms with Crippen molar-refractivity contribution >= 4 is 25.4 Å². The van der Waals surface area contributed by atoms with Crippen LogP contribution in [0.1, 0.15) is 6.23 Å². The number of hydrogen-bond acceptors (Lipinski definition) is 10. The summed E-state index contributed by atoms with van der Waals surface area (Å²) in [6, 6.07) is 1.27. The first-order chi connectivity index (χ1) is 13.5. The number of carbonyl (C=O) groups excluding carboxylic acids is 1. The lowest BCUT2D eigenvalue weighted by Gasteiger charge is -2.18. The first-order valence-electron chi connectivity index (χ1n) is 8.07. The summed E-state index contributed by atoms with van der Waals surface area (Å²) in [4.78, 5) is 46.6. The van der Waals surface area contributed by atoms with Crippen molar-refractivity contribution in [2.45, 2.75) is 24.5 Å². The van der Waals surface area contributed by atoms with E-state index in [1.165, 1.54) is 12.3 Å². The molecule has 5 atom stereocenters. The van der Waals surface area contributed by atoms with Crippen LogP contribution in [0.3, 0.4) is 0 Å². The molecule has 1 aromatic heterocycles. The molecule has 16 heteroatoms. The minimum absolute atomic E-state index is 0.0566. The Morgan fingerprint density at radius 3 is 2.66 bits per heavy atom. The van der Waals surface area contributed by atoms with Crippen LogP contribution in [0.15, 0.2) is 17.1 Å². The fourth-order valence-electron chi connectivity index (χ4n) is 2.34. The van der Waals surface area contributed by atoms with Gasteiger partial charge in [-0.1, -0.05) is 0 Å². The summed E-state index contributed by atoms with van der Waals surface area (Å²) < 4.78 is 22.8. The summed E-state index contributed by atoms with van der Waals surface area (Å²) in [5.41, 5.74) is 4.53. The van der Waals surface area contributed by atoms with Gasteiger partial charge in [0.15, 0.2) is 6.23 Å². The SMILES string of the molecule is Nc1ccn([C@@H]2O[C@H](COP(=O)(O)NCC(=O)NCC(=O)O)[C@@H](O)[C@H]2O)c(=O)n1. The molecule has 0 aromatic carbocycles. The summed E-state index contributed by atoms with van der Waals surface area (Å²) in [7, 11) is -4.53. The van der Waals surface area contributed by atoms with Crippen LogP contribution in [-0.2, 0) is 23.4 Å². The first-order valence-corrected chi connectivity index (χ1v) is 9.65. The third kappa shape index (κ3) is 6.30. The van der Waals surface area contributed by atoms with E-state index in [9.17, 15) is 34.1 Å². The number of aliphatic carboxylic acids is 1. The standard InChI is InChI=1S/C13H20N5O10P/c14-7-1-2-18(13(24)17-7)12-11(23)10(22)6(28-12)5-27-29(25,26)16-3-8(19)15-4-9(20)21/h1-2,6,10-12,22-23H,3-5H2,(H,15,19)(H,20,21)(H2,14,17,24)(H2,16,25,26)/t6-,10-,11-,12-/m1/s1. The second-order valence-corrected chi connectivity index (χ2v) is 7.53. The molecule has 8 N–H and O–H groups in total. The van der Waals surface area contributed by atoms with Crippen LogP contribution in [0.25, 0.3) is 0 Å². The molecule has 2 rings (SSSR count). The van der Waals surface area contributed by atoms with E-state index in [1.807, 2.05) is 10.4 Å². The summed E-state index contributed by atoms with van der Waals surface area (Å²) in [5, 5.41) is 32.4. The highest BCUT2D eigenvalue weighted by atomic mass is 31.2. The van der Waals surface area contributed by atoms with E-state index in [2.05, 4.69) is 4.98 Å². The summed E-state index contributed by atoms with van der Waals surface area (Å²) >= 11 is 0. The number of carboxylic acid groups (broad SMARTS) is 1. The number of rotatable bonds is 9. The predicted octanol–water partition coefficient (Wildman–Crippen LogP) is -3.65. The van der Waals surface area contributed by atoms with E-state index in [1.54, 1.807) is 0 Å². The summed E-state index contributed by atoms with van der Waals surface area (Å²) in [6.45, 7) is -2.06. The Bertz CT molecular complexity index is 863. The van der Waals surface area contributed by atoms with E-state index >= 15 is 0 Å². The summed E-state index contributed by atoms with van der Waals surface area (Å²) in [5.74, 6) is -2.22. The smallest absolute Gasteiger partial charge is 0.403 e. The van der Waals surface area contributed by atoms with Gasteiger partial charge in [0.05, 0.1) is 13.2 Å². The van der Waals surface area contributed by atoms with Crippen LogP contribution in [0, 0.1) is 0 Å². The fraction of sp³-hybridized carbons (Fsp3) is 0.538. The molecule has 0 spiro atoms. The molecular weight excluding hydrogens is 417 g/mol. The summed E-state index contributed by atoms with van der Waals surface area (Å²) in [6.07, 6.45) is -4.57. The van der Waals surface area contributed by atoms with Gasteiger partial charge in [0.25, 0.3) is 0 Å². The average Bonchev–Trinajstić information content (AvgIpc) is 2.91. The van der Waals surface area contributed by atoms with Gasteiger partial charge in [-0.15, -0.1) is 0 Å². The van der Waals surface area contributed by atoms with Crippen molar-refractivity contribution in [1.29, 1.82) is 0 Å². The van der Waals surface area contributed by atoms with Gasteiger partial charge < -0.3 is 36.0 Å². The number of carbonyl (C=O) groups is 2. The highest BCUT2D eigenvalue weighted by Gasteiger charge is 2.45. The minimum Gasteiger partial charge on any atom is -0.480 e. The van der Waals surface area contributed by atoms with Crippen LogP contribution < -0.4 is 21.8 Å².